The first-order valence-electron chi connectivity index (χ1n) is 8.56. The number of ether oxygens (including phenoxy) is 1. The number of carbonyl (C=O) groups is 1. The van der Waals surface area contributed by atoms with Gasteiger partial charge in [0.25, 0.3) is 0 Å². The van der Waals surface area contributed by atoms with Crippen LogP contribution in [0.25, 0.3) is 11.1 Å². The molecule has 0 bridgehead atoms. The Morgan fingerprint density at radius 1 is 0.963 bits per heavy atom. The maximum atomic E-state index is 11.1. The van der Waals surface area contributed by atoms with Gasteiger partial charge in [-0.2, -0.15) is 0 Å². The van der Waals surface area contributed by atoms with E-state index in [0.29, 0.717) is 24.5 Å². The van der Waals surface area contributed by atoms with Crippen molar-refractivity contribution in [2.45, 2.75) is 19.6 Å². The molecule has 3 rings (SSSR count). The van der Waals surface area contributed by atoms with Crippen molar-refractivity contribution in [2.75, 3.05) is 0 Å². The van der Waals surface area contributed by atoms with E-state index in [1.165, 1.54) is 0 Å². The fourth-order valence-electron chi connectivity index (χ4n) is 2.87. The van der Waals surface area contributed by atoms with Crippen LogP contribution in [0.15, 0.2) is 71.2 Å². The van der Waals surface area contributed by atoms with Crippen LogP contribution in [0.5, 0.6) is 5.75 Å². The number of hydrogen-bond acceptors (Lipinski definition) is 3. The molecule has 0 aliphatic carbocycles. The zero-order valence-electron chi connectivity index (χ0n) is 14.7. The van der Waals surface area contributed by atoms with Crippen LogP contribution in [-0.2, 0) is 24.4 Å². The maximum Gasteiger partial charge on any atom is 0.307 e. The summed E-state index contributed by atoms with van der Waals surface area (Å²) in [6.07, 6.45) is -0.0826. The van der Waals surface area contributed by atoms with Gasteiger partial charge < -0.3 is 15.6 Å². The highest BCUT2D eigenvalue weighted by atomic mass is 79.9. The Balaban J connectivity index is 1.78. The van der Waals surface area contributed by atoms with Crippen LogP contribution >= 0.6 is 15.9 Å². The van der Waals surface area contributed by atoms with Crippen molar-refractivity contribution in [1.82, 2.24) is 0 Å². The average Bonchev–Trinajstić information content (AvgIpc) is 2.67. The van der Waals surface area contributed by atoms with E-state index >= 15 is 0 Å². The van der Waals surface area contributed by atoms with E-state index in [1.807, 2.05) is 30.3 Å². The lowest BCUT2D eigenvalue weighted by atomic mass is 10.0. The third-order valence-corrected chi connectivity index (χ3v) is 4.67. The van der Waals surface area contributed by atoms with E-state index in [9.17, 15) is 4.79 Å². The van der Waals surface area contributed by atoms with Crippen molar-refractivity contribution < 1.29 is 14.6 Å². The van der Waals surface area contributed by atoms with E-state index in [0.717, 1.165) is 26.7 Å². The summed E-state index contributed by atoms with van der Waals surface area (Å²) in [5, 5.41) is 9.09. The molecule has 0 heterocycles. The number of hydrogen-bond donors (Lipinski definition) is 2. The molecule has 0 unspecified atom stereocenters. The van der Waals surface area contributed by atoms with Crippen LogP contribution in [-0.4, -0.2) is 11.1 Å². The number of nitrogens with two attached hydrogens (primary N) is 1. The van der Waals surface area contributed by atoms with Gasteiger partial charge in [0.1, 0.15) is 12.4 Å². The van der Waals surface area contributed by atoms with Gasteiger partial charge in [0.15, 0.2) is 0 Å². The third-order valence-electron chi connectivity index (χ3n) is 4.18. The fraction of sp³-hybridized carbons (Fsp3) is 0.136. The summed E-state index contributed by atoms with van der Waals surface area (Å²) in [7, 11) is 0. The molecule has 138 valence electrons. The first-order chi connectivity index (χ1) is 13.0. The molecule has 3 N–H and O–H groups in total. The Morgan fingerprint density at radius 3 is 2.30 bits per heavy atom. The van der Waals surface area contributed by atoms with Crippen molar-refractivity contribution in [2.24, 2.45) is 5.73 Å². The lowest BCUT2D eigenvalue weighted by molar-refractivity contribution is -0.136. The standard InChI is InChI=1S/C22H20BrNO3/c23-20-7-8-21(19(11-20)12-22(25)26)27-14-16-4-2-6-18(10-16)17-5-1-3-15(9-17)13-24/h1-11H,12-14,24H2,(H,25,26). The first-order valence-corrected chi connectivity index (χ1v) is 9.36. The minimum atomic E-state index is -0.889. The van der Waals surface area contributed by atoms with E-state index in [2.05, 4.69) is 40.2 Å². The SMILES string of the molecule is NCc1cccc(-c2cccc(COc3ccc(Br)cc3CC(=O)O)c2)c1. The molecule has 0 spiro atoms. The summed E-state index contributed by atoms with van der Waals surface area (Å²) < 4.78 is 6.74. The molecule has 5 heteroatoms. The van der Waals surface area contributed by atoms with Crippen molar-refractivity contribution in [1.29, 1.82) is 0 Å². The Hall–Kier alpha value is -2.63. The second-order valence-corrected chi connectivity index (χ2v) is 7.13. The molecular weight excluding hydrogens is 406 g/mol. The Labute approximate surface area is 166 Å². The van der Waals surface area contributed by atoms with Gasteiger partial charge in [0.05, 0.1) is 6.42 Å². The van der Waals surface area contributed by atoms with Gasteiger partial charge in [0, 0.05) is 16.6 Å². The van der Waals surface area contributed by atoms with Gasteiger partial charge in [-0.25, -0.2) is 0 Å². The number of carboxylic acids is 1. The van der Waals surface area contributed by atoms with E-state index in [4.69, 9.17) is 15.6 Å². The molecule has 0 saturated heterocycles. The quantitative estimate of drug-likeness (QED) is 0.571. The highest BCUT2D eigenvalue weighted by molar-refractivity contribution is 9.10. The largest absolute Gasteiger partial charge is 0.489 e. The predicted octanol–water partition coefficient (Wildman–Crippen LogP) is 4.78. The zero-order chi connectivity index (χ0) is 19.2. The van der Waals surface area contributed by atoms with Crippen molar-refractivity contribution >= 4 is 21.9 Å². The minimum Gasteiger partial charge on any atom is -0.489 e. The monoisotopic (exact) mass is 425 g/mol. The lowest BCUT2D eigenvalue weighted by Crippen LogP contribution is -2.04. The first kappa shape index (κ1) is 19.1. The summed E-state index contributed by atoms with van der Waals surface area (Å²) in [6, 6.07) is 21.7. The second-order valence-electron chi connectivity index (χ2n) is 6.22. The Kier molecular flexibility index (Phi) is 6.27. The van der Waals surface area contributed by atoms with Crippen LogP contribution < -0.4 is 10.5 Å². The molecule has 3 aromatic carbocycles. The van der Waals surface area contributed by atoms with Gasteiger partial charge in [-0.1, -0.05) is 52.3 Å². The second kappa shape index (κ2) is 8.84. The summed E-state index contributed by atoms with van der Waals surface area (Å²) in [5.41, 5.74) is 10.7. The van der Waals surface area contributed by atoms with E-state index < -0.39 is 5.97 Å². The molecule has 0 radical (unpaired) electrons. The predicted molar refractivity (Wildman–Crippen MR) is 110 cm³/mol. The van der Waals surface area contributed by atoms with Crippen LogP contribution in [0.4, 0.5) is 0 Å². The number of rotatable bonds is 7. The van der Waals surface area contributed by atoms with Gasteiger partial charge in [-0.3, -0.25) is 4.79 Å². The van der Waals surface area contributed by atoms with Crippen LogP contribution in [0.1, 0.15) is 16.7 Å². The number of aliphatic carboxylic acids is 1. The van der Waals surface area contributed by atoms with E-state index in [-0.39, 0.29) is 6.42 Å². The Bertz CT molecular complexity index is 956. The molecule has 0 aromatic heterocycles. The molecule has 0 saturated carbocycles. The van der Waals surface area contributed by atoms with Crippen LogP contribution in [0.2, 0.25) is 0 Å². The van der Waals surface area contributed by atoms with Crippen molar-refractivity contribution in [3.8, 4) is 16.9 Å². The minimum absolute atomic E-state index is 0.0826. The summed E-state index contributed by atoms with van der Waals surface area (Å²) >= 11 is 3.37. The highest BCUT2D eigenvalue weighted by Crippen LogP contribution is 2.26. The summed E-state index contributed by atoms with van der Waals surface area (Å²) in [4.78, 5) is 11.1. The van der Waals surface area contributed by atoms with Crippen molar-refractivity contribution in [3.63, 3.8) is 0 Å². The average molecular weight is 426 g/mol. The van der Waals surface area contributed by atoms with Gasteiger partial charge in [-0.15, -0.1) is 0 Å². The fourth-order valence-corrected chi connectivity index (χ4v) is 3.28. The molecule has 0 fully saturated rings. The number of benzene rings is 3. The molecule has 0 amide bonds. The number of halogens is 1. The van der Waals surface area contributed by atoms with Crippen molar-refractivity contribution in [3.05, 3.63) is 87.9 Å². The highest BCUT2D eigenvalue weighted by Gasteiger charge is 2.09. The molecule has 3 aromatic rings. The molecular formula is C22H20BrNO3. The molecule has 27 heavy (non-hydrogen) atoms. The van der Waals surface area contributed by atoms with Crippen LogP contribution in [0.3, 0.4) is 0 Å². The molecule has 0 atom stereocenters. The zero-order valence-corrected chi connectivity index (χ0v) is 16.3. The smallest absolute Gasteiger partial charge is 0.307 e. The van der Waals surface area contributed by atoms with Gasteiger partial charge in [0.2, 0.25) is 0 Å². The van der Waals surface area contributed by atoms with Gasteiger partial charge in [-0.05, 0) is 52.6 Å². The topological polar surface area (TPSA) is 72.5 Å². The molecule has 0 aliphatic rings. The van der Waals surface area contributed by atoms with E-state index in [1.54, 1.807) is 12.1 Å². The van der Waals surface area contributed by atoms with Crippen LogP contribution in [0, 0.1) is 0 Å². The summed E-state index contributed by atoms with van der Waals surface area (Å²) in [5.74, 6) is -0.309. The molecule has 0 aliphatic heterocycles. The third kappa shape index (κ3) is 5.18. The normalized spacial score (nSPS) is 10.6. The number of carboxylic acid groups (broad SMARTS) is 1. The lowest BCUT2D eigenvalue weighted by Gasteiger charge is -2.12. The Morgan fingerprint density at radius 2 is 1.63 bits per heavy atom. The summed E-state index contributed by atoms with van der Waals surface area (Å²) in [6.45, 7) is 0.866. The maximum absolute atomic E-state index is 11.1. The molecule has 4 nitrogen and oxygen atoms in total. The van der Waals surface area contributed by atoms with Gasteiger partial charge >= 0.3 is 5.97 Å².